The summed E-state index contributed by atoms with van der Waals surface area (Å²) >= 11 is 6.29. The van der Waals surface area contributed by atoms with E-state index in [1.165, 1.54) is 0 Å². The van der Waals surface area contributed by atoms with E-state index in [1.807, 2.05) is 43.3 Å². The van der Waals surface area contributed by atoms with Crippen molar-refractivity contribution >= 4 is 29.1 Å². The van der Waals surface area contributed by atoms with Gasteiger partial charge in [-0.2, -0.15) is 0 Å². The topological polar surface area (TPSA) is 74.2 Å². The van der Waals surface area contributed by atoms with Gasteiger partial charge in [-0.05, 0) is 36.8 Å². The molecule has 0 aromatic heterocycles. The quantitative estimate of drug-likeness (QED) is 0.781. The summed E-state index contributed by atoms with van der Waals surface area (Å²) < 4.78 is 6.12. The van der Waals surface area contributed by atoms with Crippen molar-refractivity contribution in [2.24, 2.45) is 10.9 Å². The number of amidine groups is 1. The van der Waals surface area contributed by atoms with Gasteiger partial charge < -0.3 is 20.1 Å². The lowest BCUT2D eigenvalue weighted by Gasteiger charge is -2.38. The second kappa shape index (κ2) is 8.43. The molecule has 2 aliphatic rings. The van der Waals surface area contributed by atoms with Crippen molar-refractivity contribution in [3.05, 3.63) is 53.1 Å². The molecule has 0 saturated carbocycles. The number of carboxylic acid groups (broad SMARTS) is 1. The molecular weight excluding hydrogens is 390 g/mol. The maximum absolute atomic E-state index is 11.8. The van der Waals surface area contributed by atoms with E-state index in [1.54, 1.807) is 6.07 Å². The number of benzene rings is 2. The van der Waals surface area contributed by atoms with Gasteiger partial charge in [0.25, 0.3) is 0 Å². The Kier molecular flexibility index (Phi) is 5.74. The summed E-state index contributed by atoms with van der Waals surface area (Å²) in [5.41, 5.74) is 1.56. The third-order valence-corrected chi connectivity index (χ3v) is 5.64. The van der Waals surface area contributed by atoms with E-state index in [-0.39, 0.29) is 6.04 Å². The average Bonchev–Trinajstić information content (AvgIpc) is 2.88. The Morgan fingerprint density at radius 1 is 1.34 bits per heavy atom. The fraction of sp³-hybridized carbons (Fsp3) is 0.364. The molecule has 2 aromatic rings. The first-order valence-corrected chi connectivity index (χ1v) is 10.3. The third kappa shape index (κ3) is 4.09. The van der Waals surface area contributed by atoms with Gasteiger partial charge in [0, 0.05) is 30.7 Å². The largest absolute Gasteiger partial charge is 0.481 e. The van der Waals surface area contributed by atoms with Gasteiger partial charge in [0.1, 0.15) is 17.3 Å². The molecule has 2 N–H and O–H groups in total. The highest BCUT2D eigenvalue weighted by molar-refractivity contribution is 6.31. The molecular formula is C22H24ClN3O3. The molecule has 0 amide bonds. The highest BCUT2D eigenvalue weighted by Crippen LogP contribution is 2.39. The van der Waals surface area contributed by atoms with Crippen molar-refractivity contribution in [2.75, 3.05) is 19.6 Å². The van der Waals surface area contributed by atoms with Gasteiger partial charge in [0.15, 0.2) is 5.75 Å². The Hall–Kier alpha value is -2.57. The fourth-order valence-corrected chi connectivity index (χ4v) is 4.16. The number of hydrogen-bond acceptors (Lipinski definition) is 5. The molecule has 0 bridgehead atoms. The van der Waals surface area contributed by atoms with Crippen molar-refractivity contribution in [2.45, 2.75) is 25.8 Å². The molecule has 4 rings (SSSR count). The van der Waals surface area contributed by atoms with Gasteiger partial charge in [-0.3, -0.25) is 4.79 Å². The lowest BCUT2D eigenvalue weighted by Crippen LogP contribution is -2.56. The van der Waals surface area contributed by atoms with Crippen LogP contribution in [0.15, 0.2) is 47.5 Å². The Balaban J connectivity index is 1.73. The minimum Gasteiger partial charge on any atom is -0.481 e. The van der Waals surface area contributed by atoms with E-state index >= 15 is 0 Å². The number of aliphatic imine (C=N–C) groups is 1. The Morgan fingerprint density at radius 3 is 2.97 bits per heavy atom. The number of carboxylic acids is 1. The summed E-state index contributed by atoms with van der Waals surface area (Å²) in [7, 11) is 0. The van der Waals surface area contributed by atoms with Crippen LogP contribution < -0.4 is 10.1 Å². The van der Waals surface area contributed by atoms with Gasteiger partial charge in [0.2, 0.25) is 0 Å². The number of para-hydroxylation sites is 2. The molecule has 6 nitrogen and oxygen atoms in total. The van der Waals surface area contributed by atoms with Gasteiger partial charge in [-0.1, -0.05) is 37.1 Å². The predicted octanol–water partition coefficient (Wildman–Crippen LogP) is 4.30. The minimum absolute atomic E-state index is 0.147. The van der Waals surface area contributed by atoms with Gasteiger partial charge in [-0.15, -0.1) is 0 Å². The molecule has 1 fully saturated rings. The summed E-state index contributed by atoms with van der Waals surface area (Å²) in [6, 6.07) is 13.0. The Morgan fingerprint density at radius 2 is 2.17 bits per heavy atom. The maximum Gasteiger partial charge on any atom is 0.308 e. The van der Waals surface area contributed by atoms with Crippen LogP contribution in [0.4, 0.5) is 5.69 Å². The Labute approximate surface area is 175 Å². The summed E-state index contributed by atoms with van der Waals surface area (Å²) in [6.07, 6.45) is 1.47. The fourth-order valence-electron chi connectivity index (χ4n) is 3.98. The standard InChI is InChI=1S/C22H24ClN3O3/c1-2-5-15(22(27)28)18-13-26(11-10-24-18)21-16-12-14(23)8-9-19(16)29-20-7-4-3-6-17(20)25-21/h3-4,6-9,12,15,18,24H,2,5,10-11,13H2,1H3,(H,27,28)/t15-,18?/m1/s1. The van der Waals surface area contributed by atoms with Crippen molar-refractivity contribution in [1.82, 2.24) is 10.2 Å². The third-order valence-electron chi connectivity index (χ3n) is 5.40. The molecule has 1 unspecified atom stereocenters. The van der Waals surface area contributed by atoms with Crippen LogP contribution in [-0.2, 0) is 4.79 Å². The zero-order chi connectivity index (χ0) is 20.4. The van der Waals surface area contributed by atoms with E-state index < -0.39 is 11.9 Å². The van der Waals surface area contributed by atoms with Crippen LogP contribution in [0, 0.1) is 5.92 Å². The number of aliphatic carboxylic acids is 1. The lowest BCUT2D eigenvalue weighted by molar-refractivity contribution is -0.143. The molecule has 152 valence electrons. The summed E-state index contributed by atoms with van der Waals surface area (Å²) in [4.78, 5) is 18.9. The van der Waals surface area contributed by atoms with Crippen molar-refractivity contribution < 1.29 is 14.6 Å². The molecule has 2 aromatic carbocycles. The normalized spacial score (nSPS) is 19.3. The van der Waals surface area contributed by atoms with E-state index in [4.69, 9.17) is 21.3 Å². The molecule has 0 spiro atoms. The molecule has 2 aliphatic heterocycles. The van der Waals surface area contributed by atoms with Gasteiger partial charge in [0.05, 0.1) is 11.5 Å². The van der Waals surface area contributed by atoms with E-state index in [0.29, 0.717) is 36.0 Å². The van der Waals surface area contributed by atoms with Gasteiger partial charge >= 0.3 is 5.97 Å². The predicted molar refractivity (Wildman–Crippen MR) is 114 cm³/mol. The van der Waals surface area contributed by atoms with Crippen LogP contribution in [0.3, 0.4) is 0 Å². The zero-order valence-corrected chi connectivity index (χ0v) is 17.0. The molecule has 29 heavy (non-hydrogen) atoms. The number of ether oxygens (including phenoxy) is 1. The molecule has 2 heterocycles. The minimum atomic E-state index is -0.758. The van der Waals surface area contributed by atoms with Crippen LogP contribution in [0.2, 0.25) is 5.02 Å². The van der Waals surface area contributed by atoms with Crippen LogP contribution in [0.5, 0.6) is 11.5 Å². The highest BCUT2D eigenvalue weighted by Gasteiger charge is 2.33. The number of nitrogens with one attached hydrogen (secondary N) is 1. The van der Waals surface area contributed by atoms with Gasteiger partial charge in [-0.25, -0.2) is 4.99 Å². The number of halogens is 1. The zero-order valence-electron chi connectivity index (χ0n) is 16.3. The first-order valence-electron chi connectivity index (χ1n) is 9.93. The van der Waals surface area contributed by atoms with Crippen LogP contribution >= 0.6 is 11.6 Å². The number of carbonyl (C=O) groups is 1. The molecule has 2 atom stereocenters. The number of rotatable bonds is 4. The van der Waals surface area contributed by atoms with Crippen LogP contribution in [-0.4, -0.2) is 47.5 Å². The second-order valence-corrected chi connectivity index (χ2v) is 7.82. The number of hydrogen-bond donors (Lipinski definition) is 2. The SMILES string of the molecule is CCC[C@@H](C(=O)O)C1CN(C2=Nc3ccccc3Oc3ccc(Cl)cc32)CCN1. The van der Waals surface area contributed by atoms with Crippen molar-refractivity contribution in [1.29, 1.82) is 0 Å². The summed E-state index contributed by atoms with van der Waals surface area (Å²) in [6.45, 7) is 3.99. The molecule has 0 aliphatic carbocycles. The average molecular weight is 414 g/mol. The van der Waals surface area contributed by atoms with Crippen LogP contribution in [0.25, 0.3) is 0 Å². The number of nitrogens with zero attached hydrogens (tertiary/aromatic N) is 2. The lowest BCUT2D eigenvalue weighted by atomic mass is 9.93. The second-order valence-electron chi connectivity index (χ2n) is 7.39. The summed E-state index contributed by atoms with van der Waals surface area (Å²) in [5.74, 6) is 0.950. The smallest absolute Gasteiger partial charge is 0.308 e. The first kappa shape index (κ1) is 19.7. The van der Waals surface area contributed by atoms with Crippen molar-refractivity contribution in [3.8, 4) is 11.5 Å². The maximum atomic E-state index is 11.8. The van der Waals surface area contributed by atoms with E-state index in [9.17, 15) is 9.90 Å². The monoisotopic (exact) mass is 413 g/mol. The summed E-state index contributed by atoms with van der Waals surface area (Å²) in [5, 5.41) is 13.7. The highest BCUT2D eigenvalue weighted by atomic mass is 35.5. The van der Waals surface area contributed by atoms with Crippen LogP contribution in [0.1, 0.15) is 25.3 Å². The van der Waals surface area contributed by atoms with Crippen molar-refractivity contribution in [3.63, 3.8) is 0 Å². The number of fused-ring (bicyclic) bond motifs is 2. The Bertz CT molecular complexity index is 947. The van der Waals surface area contributed by atoms with E-state index in [2.05, 4.69) is 10.2 Å². The molecule has 7 heteroatoms. The number of piperazine rings is 1. The first-order chi connectivity index (χ1) is 14.1. The van der Waals surface area contributed by atoms with E-state index in [0.717, 1.165) is 30.1 Å². The molecule has 0 radical (unpaired) electrons. The molecule has 1 saturated heterocycles.